The van der Waals surface area contributed by atoms with Gasteiger partial charge in [-0.25, -0.2) is 4.98 Å². The Morgan fingerprint density at radius 3 is 2.56 bits per heavy atom. The zero-order chi connectivity index (χ0) is 17.4. The molecule has 0 amide bonds. The predicted molar refractivity (Wildman–Crippen MR) is 93.5 cm³/mol. The molecule has 7 heteroatoms. The monoisotopic (exact) mass is 334 g/mol. The zero-order valence-corrected chi connectivity index (χ0v) is 13.9. The van der Waals surface area contributed by atoms with Crippen molar-refractivity contribution in [2.75, 3.05) is 0 Å². The standard InChI is InChI=1S/C18H18N6O/c1-11(2)18(25,16-9-19-10-20-16)15-6-5-12-7-14(4-3-13(12)8-15)17-21-23-24-22-17/h3-11,25H,1-2H3,(H,19,20)(H,21,22,23,24). The lowest BCUT2D eigenvalue weighted by Crippen LogP contribution is -2.33. The quantitative estimate of drug-likeness (QED) is 0.532. The van der Waals surface area contributed by atoms with Gasteiger partial charge in [0, 0.05) is 5.56 Å². The smallest absolute Gasteiger partial charge is 0.204 e. The van der Waals surface area contributed by atoms with Crippen LogP contribution in [0.4, 0.5) is 0 Å². The van der Waals surface area contributed by atoms with E-state index in [2.05, 4.69) is 30.6 Å². The number of benzene rings is 2. The molecule has 4 rings (SSSR count). The number of aliphatic hydroxyl groups is 1. The second kappa shape index (κ2) is 5.78. The average Bonchev–Trinajstić information content (AvgIpc) is 3.33. The van der Waals surface area contributed by atoms with Gasteiger partial charge in [0.25, 0.3) is 0 Å². The minimum atomic E-state index is -1.13. The van der Waals surface area contributed by atoms with Crippen LogP contribution in [0.3, 0.4) is 0 Å². The molecule has 3 N–H and O–H groups in total. The van der Waals surface area contributed by atoms with Gasteiger partial charge in [-0.3, -0.25) is 0 Å². The van der Waals surface area contributed by atoms with Crippen LogP contribution < -0.4 is 0 Å². The number of nitrogens with one attached hydrogen (secondary N) is 2. The van der Waals surface area contributed by atoms with Gasteiger partial charge in [-0.1, -0.05) is 38.1 Å². The third kappa shape index (κ3) is 2.49. The van der Waals surface area contributed by atoms with E-state index in [4.69, 9.17) is 0 Å². The van der Waals surface area contributed by atoms with Gasteiger partial charge in [0.05, 0.1) is 18.2 Å². The molecule has 4 aromatic rings. The van der Waals surface area contributed by atoms with E-state index in [0.29, 0.717) is 11.5 Å². The molecular formula is C18H18N6O. The Bertz CT molecular complexity index is 994. The molecule has 0 saturated heterocycles. The molecule has 0 spiro atoms. The Kier molecular flexibility index (Phi) is 3.58. The number of hydrogen-bond acceptors (Lipinski definition) is 5. The van der Waals surface area contributed by atoms with Crippen molar-refractivity contribution in [2.45, 2.75) is 19.4 Å². The van der Waals surface area contributed by atoms with Gasteiger partial charge in [0.2, 0.25) is 5.82 Å². The summed E-state index contributed by atoms with van der Waals surface area (Å²) in [6.45, 7) is 3.98. The molecule has 0 aliphatic heterocycles. The lowest BCUT2D eigenvalue weighted by atomic mass is 9.80. The average molecular weight is 334 g/mol. The van der Waals surface area contributed by atoms with Crippen LogP contribution in [0.25, 0.3) is 22.2 Å². The van der Waals surface area contributed by atoms with Gasteiger partial charge >= 0.3 is 0 Å². The van der Waals surface area contributed by atoms with E-state index in [1.54, 1.807) is 12.5 Å². The molecule has 0 radical (unpaired) electrons. The van der Waals surface area contributed by atoms with Gasteiger partial charge in [0.15, 0.2) is 0 Å². The van der Waals surface area contributed by atoms with Gasteiger partial charge in [-0.05, 0) is 39.6 Å². The molecule has 2 aromatic heterocycles. The normalized spacial score (nSPS) is 14.1. The van der Waals surface area contributed by atoms with Gasteiger partial charge in [-0.15, -0.1) is 10.2 Å². The van der Waals surface area contributed by atoms with E-state index in [1.165, 1.54) is 0 Å². The number of aromatic amines is 2. The molecule has 0 saturated carbocycles. The number of imidazole rings is 1. The first-order valence-electron chi connectivity index (χ1n) is 8.08. The highest BCUT2D eigenvalue weighted by Gasteiger charge is 2.36. The first-order valence-corrected chi connectivity index (χ1v) is 8.08. The third-order valence-corrected chi connectivity index (χ3v) is 4.63. The SMILES string of the molecule is CC(C)C(O)(c1ccc2cc(-c3nn[nH]n3)ccc2c1)c1cnc[nH]1. The molecule has 0 fully saturated rings. The van der Waals surface area contributed by atoms with Gasteiger partial charge in [0.1, 0.15) is 5.60 Å². The molecular weight excluding hydrogens is 316 g/mol. The van der Waals surface area contributed by atoms with Crippen molar-refractivity contribution in [1.29, 1.82) is 0 Å². The molecule has 2 heterocycles. The molecule has 0 aliphatic rings. The molecule has 2 aromatic carbocycles. The maximum absolute atomic E-state index is 11.4. The number of hydrogen-bond donors (Lipinski definition) is 3. The van der Waals surface area contributed by atoms with Crippen molar-refractivity contribution >= 4 is 10.8 Å². The predicted octanol–water partition coefficient (Wildman–Crippen LogP) is 2.63. The summed E-state index contributed by atoms with van der Waals surface area (Å²) in [5.41, 5.74) is 1.27. The second-order valence-corrected chi connectivity index (χ2v) is 6.40. The maximum atomic E-state index is 11.4. The maximum Gasteiger partial charge on any atom is 0.204 e. The zero-order valence-electron chi connectivity index (χ0n) is 13.9. The molecule has 0 bridgehead atoms. The number of aromatic nitrogens is 6. The summed E-state index contributed by atoms with van der Waals surface area (Å²) in [5, 5.41) is 27.5. The number of nitrogens with zero attached hydrogens (tertiary/aromatic N) is 4. The summed E-state index contributed by atoms with van der Waals surface area (Å²) in [4.78, 5) is 7.11. The van der Waals surface area contributed by atoms with Crippen LogP contribution in [0.1, 0.15) is 25.1 Å². The number of H-pyrrole nitrogens is 2. The highest BCUT2D eigenvalue weighted by molar-refractivity contribution is 5.87. The van der Waals surface area contributed by atoms with E-state index in [1.807, 2.05) is 50.2 Å². The van der Waals surface area contributed by atoms with Crippen molar-refractivity contribution < 1.29 is 5.11 Å². The molecule has 0 aliphatic carbocycles. The van der Waals surface area contributed by atoms with Gasteiger partial charge in [-0.2, -0.15) is 5.21 Å². The Balaban J connectivity index is 1.82. The molecule has 7 nitrogen and oxygen atoms in total. The van der Waals surface area contributed by atoms with Crippen LogP contribution in [0, 0.1) is 5.92 Å². The Morgan fingerprint density at radius 1 is 1.08 bits per heavy atom. The fourth-order valence-electron chi connectivity index (χ4n) is 3.17. The number of tetrazole rings is 1. The van der Waals surface area contributed by atoms with Gasteiger partial charge < -0.3 is 10.1 Å². The highest BCUT2D eigenvalue weighted by atomic mass is 16.3. The van der Waals surface area contributed by atoms with Crippen LogP contribution in [-0.4, -0.2) is 35.7 Å². The summed E-state index contributed by atoms with van der Waals surface area (Å²) in [6, 6.07) is 11.9. The molecule has 126 valence electrons. The molecule has 25 heavy (non-hydrogen) atoms. The lowest BCUT2D eigenvalue weighted by molar-refractivity contribution is 0.0281. The van der Waals surface area contributed by atoms with E-state index in [-0.39, 0.29) is 5.92 Å². The topological polar surface area (TPSA) is 103 Å². The minimum Gasteiger partial charge on any atom is -0.379 e. The van der Waals surface area contributed by atoms with Crippen molar-refractivity contribution in [3.8, 4) is 11.4 Å². The van der Waals surface area contributed by atoms with E-state index >= 15 is 0 Å². The summed E-state index contributed by atoms with van der Waals surface area (Å²) in [5.74, 6) is 0.533. The van der Waals surface area contributed by atoms with Crippen LogP contribution in [-0.2, 0) is 5.60 Å². The van der Waals surface area contributed by atoms with Crippen molar-refractivity contribution in [3.63, 3.8) is 0 Å². The highest BCUT2D eigenvalue weighted by Crippen LogP contribution is 2.37. The van der Waals surface area contributed by atoms with Crippen molar-refractivity contribution in [1.82, 2.24) is 30.6 Å². The Labute approximate surface area is 144 Å². The fourth-order valence-corrected chi connectivity index (χ4v) is 3.17. The Hall–Kier alpha value is -3.06. The molecule has 1 unspecified atom stereocenters. The van der Waals surface area contributed by atoms with Crippen LogP contribution in [0.5, 0.6) is 0 Å². The minimum absolute atomic E-state index is 0.0241. The lowest BCUT2D eigenvalue weighted by Gasteiger charge is -2.32. The fraction of sp³-hybridized carbons (Fsp3) is 0.222. The summed E-state index contributed by atoms with van der Waals surface area (Å²) in [6.07, 6.45) is 3.25. The van der Waals surface area contributed by atoms with Crippen LogP contribution in [0.15, 0.2) is 48.9 Å². The third-order valence-electron chi connectivity index (χ3n) is 4.63. The van der Waals surface area contributed by atoms with Crippen molar-refractivity contribution in [2.24, 2.45) is 5.92 Å². The Morgan fingerprint density at radius 2 is 1.88 bits per heavy atom. The van der Waals surface area contributed by atoms with Crippen molar-refractivity contribution in [3.05, 3.63) is 60.2 Å². The summed E-state index contributed by atoms with van der Waals surface area (Å²) < 4.78 is 0. The molecule has 1 atom stereocenters. The largest absolute Gasteiger partial charge is 0.379 e. The summed E-state index contributed by atoms with van der Waals surface area (Å²) >= 11 is 0. The van der Waals surface area contributed by atoms with Crippen LogP contribution in [0.2, 0.25) is 0 Å². The van der Waals surface area contributed by atoms with Crippen LogP contribution >= 0.6 is 0 Å². The van der Waals surface area contributed by atoms with E-state index in [0.717, 1.165) is 21.9 Å². The second-order valence-electron chi connectivity index (χ2n) is 6.40. The summed E-state index contributed by atoms with van der Waals surface area (Å²) in [7, 11) is 0. The first kappa shape index (κ1) is 15.5. The number of rotatable bonds is 4. The van der Waals surface area contributed by atoms with E-state index < -0.39 is 5.60 Å². The van der Waals surface area contributed by atoms with E-state index in [9.17, 15) is 5.11 Å². The first-order chi connectivity index (χ1) is 12.1. The number of fused-ring (bicyclic) bond motifs is 1.